The average molecular weight is 637 g/mol. The number of pyridine rings is 4. The Labute approximate surface area is 288 Å². The molecule has 0 saturated carbocycles. The molecule has 0 aliphatic carbocycles. The zero-order valence-electron chi connectivity index (χ0n) is 27.0. The molecule has 4 heterocycles. The Morgan fingerprint density at radius 1 is 0.340 bits per heavy atom. The number of hydrogen-bond donors (Lipinski definition) is 0. The van der Waals surface area contributed by atoms with Crippen LogP contribution in [0.3, 0.4) is 0 Å². The van der Waals surface area contributed by atoms with Gasteiger partial charge >= 0.3 is 0 Å². The van der Waals surface area contributed by atoms with Crippen LogP contribution in [-0.2, 0) is 0 Å². The highest BCUT2D eigenvalue weighted by Crippen LogP contribution is 2.38. The molecule has 0 aliphatic heterocycles. The Balaban J connectivity index is 1.09. The summed E-state index contributed by atoms with van der Waals surface area (Å²) in [6.07, 6.45) is 1.83. The number of hydrogen-bond acceptors (Lipinski definition) is 4. The molecule has 4 aromatic heterocycles. The summed E-state index contributed by atoms with van der Waals surface area (Å²) in [7, 11) is 0. The van der Waals surface area contributed by atoms with Crippen LogP contribution in [0.1, 0.15) is 0 Å². The van der Waals surface area contributed by atoms with Gasteiger partial charge in [0, 0.05) is 49.8 Å². The van der Waals surface area contributed by atoms with Crippen LogP contribution >= 0.6 is 0 Å². The first kappa shape index (κ1) is 28.3. The van der Waals surface area contributed by atoms with Gasteiger partial charge in [0.2, 0.25) is 0 Å². The lowest BCUT2D eigenvalue weighted by Crippen LogP contribution is -1.93. The molecule has 0 atom stereocenters. The van der Waals surface area contributed by atoms with Gasteiger partial charge in [-0.25, -0.2) is 15.0 Å². The van der Waals surface area contributed by atoms with E-state index in [1.807, 2.05) is 18.3 Å². The Morgan fingerprint density at radius 2 is 0.980 bits per heavy atom. The molecule has 232 valence electrons. The van der Waals surface area contributed by atoms with E-state index in [1.54, 1.807) is 0 Å². The second-order valence-corrected chi connectivity index (χ2v) is 12.7. The third-order valence-electron chi connectivity index (χ3n) is 9.68. The predicted molar refractivity (Wildman–Crippen MR) is 207 cm³/mol. The van der Waals surface area contributed by atoms with Crippen molar-refractivity contribution in [3.63, 3.8) is 0 Å². The van der Waals surface area contributed by atoms with Gasteiger partial charge in [-0.15, -0.1) is 0 Å². The largest absolute Gasteiger partial charge is 0.254 e. The lowest BCUT2D eigenvalue weighted by atomic mass is 9.95. The van der Waals surface area contributed by atoms with Crippen molar-refractivity contribution in [3.8, 4) is 44.9 Å². The van der Waals surface area contributed by atoms with Gasteiger partial charge in [-0.05, 0) is 46.8 Å². The minimum atomic E-state index is 0.920. The van der Waals surface area contributed by atoms with E-state index < -0.39 is 0 Å². The molecule has 0 saturated heterocycles. The van der Waals surface area contributed by atoms with Crippen molar-refractivity contribution in [2.24, 2.45) is 0 Å². The monoisotopic (exact) mass is 636 g/mol. The van der Waals surface area contributed by atoms with Crippen LogP contribution < -0.4 is 0 Å². The van der Waals surface area contributed by atoms with Gasteiger partial charge in [0.25, 0.3) is 0 Å². The Kier molecular flexibility index (Phi) is 6.46. The number of nitrogens with zero attached hydrogens (tertiary/aromatic N) is 4. The summed E-state index contributed by atoms with van der Waals surface area (Å²) in [6.45, 7) is 0. The molecular weight excluding hydrogens is 609 g/mol. The molecule has 0 radical (unpaired) electrons. The third-order valence-corrected chi connectivity index (χ3v) is 9.68. The minimum Gasteiger partial charge on any atom is -0.254 e. The highest BCUT2D eigenvalue weighted by molar-refractivity contribution is 6.20. The highest BCUT2D eigenvalue weighted by atomic mass is 14.8. The molecule has 0 spiro atoms. The summed E-state index contributed by atoms with van der Waals surface area (Å²) in [5.74, 6) is 0. The fourth-order valence-corrected chi connectivity index (χ4v) is 7.17. The molecule has 50 heavy (non-hydrogen) atoms. The van der Waals surface area contributed by atoms with Gasteiger partial charge in [0.05, 0.1) is 39.1 Å². The fourth-order valence-electron chi connectivity index (χ4n) is 7.17. The zero-order valence-corrected chi connectivity index (χ0v) is 27.0. The maximum Gasteiger partial charge on any atom is 0.0972 e. The van der Waals surface area contributed by atoms with E-state index in [9.17, 15) is 0 Å². The number of fused-ring (bicyclic) bond motifs is 8. The molecule has 0 amide bonds. The molecule has 0 fully saturated rings. The lowest BCUT2D eigenvalue weighted by Gasteiger charge is -2.14. The van der Waals surface area contributed by atoms with Crippen molar-refractivity contribution in [3.05, 3.63) is 170 Å². The van der Waals surface area contributed by atoms with Crippen molar-refractivity contribution in [2.75, 3.05) is 0 Å². The summed E-state index contributed by atoms with van der Waals surface area (Å²) in [5, 5.41) is 6.61. The van der Waals surface area contributed by atoms with E-state index in [0.717, 1.165) is 99.3 Å². The van der Waals surface area contributed by atoms with Crippen molar-refractivity contribution in [2.45, 2.75) is 0 Å². The minimum absolute atomic E-state index is 0.920. The summed E-state index contributed by atoms with van der Waals surface area (Å²) in [4.78, 5) is 20.3. The lowest BCUT2D eigenvalue weighted by molar-refractivity contribution is 1.37. The summed E-state index contributed by atoms with van der Waals surface area (Å²) in [5.41, 5.74) is 12.0. The maximum absolute atomic E-state index is 5.28. The van der Waals surface area contributed by atoms with Crippen LogP contribution in [0.25, 0.3) is 99.3 Å². The Hall–Kier alpha value is -6.78. The van der Waals surface area contributed by atoms with E-state index in [2.05, 4.69) is 157 Å². The first-order valence-corrected chi connectivity index (χ1v) is 16.8. The second kappa shape index (κ2) is 11.4. The summed E-state index contributed by atoms with van der Waals surface area (Å²) < 4.78 is 0. The Morgan fingerprint density at radius 3 is 1.84 bits per heavy atom. The average Bonchev–Trinajstić information content (AvgIpc) is 3.20. The van der Waals surface area contributed by atoms with Crippen molar-refractivity contribution >= 4 is 54.4 Å². The van der Waals surface area contributed by atoms with Gasteiger partial charge < -0.3 is 0 Å². The van der Waals surface area contributed by atoms with E-state index in [-0.39, 0.29) is 0 Å². The number of aromatic nitrogens is 4. The number of para-hydroxylation sites is 1. The van der Waals surface area contributed by atoms with E-state index in [1.165, 1.54) is 0 Å². The standard InChI is InChI=1S/C46H28N4/c1-2-8-30(9-3-1)39-25-22-33-21-24-38-37-13-4-5-14-41(37)50-44(42(38)43(33)48-39)32-17-15-29(16-18-32)35-10-6-11-36(28-35)40-26-23-34-20-19-31-12-7-27-47-45(31)46(34)49-40/h1-28H. The van der Waals surface area contributed by atoms with Crippen molar-refractivity contribution < 1.29 is 0 Å². The van der Waals surface area contributed by atoms with Crippen LogP contribution in [-0.4, -0.2) is 19.9 Å². The molecule has 6 aromatic carbocycles. The highest BCUT2D eigenvalue weighted by Gasteiger charge is 2.16. The van der Waals surface area contributed by atoms with Crippen LogP contribution in [0, 0.1) is 0 Å². The topological polar surface area (TPSA) is 51.6 Å². The maximum atomic E-state index is 5.28. The van der Waals surface area contributed by atoms with E-state index in [0.29, 0.717) is 0 Å². The fraction of sp³-hybridized carbons (Fsp3) is 0. The molecule has 10 aromatic rings. The first-order valence-electron chi connectivity index (χ1n) is 16.8. The van der Waals surface area contributed by atoms with Crippen molar-refractivity contribution in [1.82, 2.24) is 19.9 Å². The first-order chi connectivity index (χ1) is 24.8. The molecule has 0 bridgehead atoms. The van der Waals surface area contributed by atoms with Crippen LogP contribution in [0.4, 0.5) is 0 Å². The van der Waals surface area contributed by atoms with Crippen LogP contribution in [0.15, 0.2) is 170 Å². The smallest absolute Gasteiger partial charge is 0.0972 e. The quantitative estimate of drug-likeness (QED) is 0.180. The number of rotatable bonds is 4. The van der Waals surface area contributed by atoms with E-state index >= 15 is 0 Å². The predicted octanol–water partition coefficient (Wildman–Crippen LogP) is 11.7. The molecule has 0 unspecified atom stereocenters. The zero-order chi connectivity index (χ0) is 33.0. The molecular formula is C46H28N4. The summed E-state index contributed by atoms with van der Waals surface area (Å²) in [6, 6.07) is 57.2. The van der Waals surface area contributed by atoms with Gasteiger partial charge in [-0.3, -0.25) is 4.98 Å². The van der Waals surface area contributed by atoms with Crippen LogP contribution in [0.5, 0.6) is 0 Å². The molecule has 4 heteroatoms. The second-order valence-electron chi connectivity index (χ2n) is 12.7. The van der Waals surface area contributed by atoms with Gasteiger partial charge in [-0.1, -0.05) is 133 Å². The molecule has 0 N–H and O–H groups in total. The third kappa shape index (κ3) is 4.69. The molecule has 0 aliphatic rings. The molecule has 4 nitrogen and oxygen atoms in total. The van der Waals surface area contributed by atoms with E-state index in [4.69, 9.17) is 15.0 Å². The SMILES string of the molecule is c1ccc(-c2ccc3ccc4c5ccccc5nc(-c5ccc(-c6cccc(-c7ccc8ccc9cccnc9c8n7)c6)cc5)c4c3n2)cc1. The van der Waals surface area contributed by atoms with Gasteiger partial charge in [0.15, 0.2) is 0 Å². The normalized spacial score (nSPS) is 11.6. The van der Waals surface area contributed by atoms with Crippen LogP contribution in [0.2, 0.25) is 0 Å². The van der Waals surface area contributed by atoms with Gasteiger partial charge in [0.1, 0.15) is 0 Å². The number of benzene rings is 6. The summed E-state index contributed by atoms with van der Waals surface area (Å²) >= 11 is 0. The molecule has 10 rings (SSSR count). The van der Waals surface area contributed by atoms with Crippen molar-refractivity contribution in [1.29, 1.82) is 0 Å². The Bertz CT molecular complexity index is 2920. The van der Waals surface area contributed by atoms with Gasteiger partial charge in [-0.2, -0.15) is 0 Å².